The summed E-state index contributed by atoms with van der Waals surface area (Å²) in [5.41, 5.74) is -0.193. The third-order valence-corrected chi connectivity index (χ3v) is 6.24. The van der Waals surface area contributed by atoms with E-state index in [0.717, 1.165) is 5.39 Å². The Hall–Kier alpha value is -3.74. The standard InChI is InChI=1S/C25H23N3O4/c1-24(2,3)28-20(29)14-25(23(28)31)17-10-6-5-8-15(17)22(30)27(25)18-11-12-19(32-4)16-9-7-13-26-21(16)18/h5-13H,14H2,1-4H3/t25-/m0/s1. The maximum absolute atomic E-state index is 14.0. The molecule has 3 aromatic rings. The first-order valence-electron chi connectivity index (χ1n) is 10.4. The highest BCUT2D eigenvalue weighted by Gasteiger charge is 2.64. The third-order valence-electron chi connectivity index (χ3n) is 6.24. The van der Waals surface area contributed by atoms with Crippen molar-refractivity contribution in [3.63, 3.8) is 0 Å². The minimum absolute atomic E-state index is 0.119. The van der Waals surface area contributed by atoms with Gasteiger partial charge in [-0.05, 0) is 51.1 Å². The van der Waals surface area contributed by atoms with E-state index in [4.69, 9.17) is 4.74 Å². The molecule has 5 rings (SSSR count). The van der Waals surface area contributed by atoms with Crippen LogP contribution in [-0.4, -0.2) is 40.3 Å². The number of hydrogen-bond acceptors (Lipinski definition) is 5. The minimum atomic E-state index is -1.45. The summed E-state index contributed by atoms with van der Waals surface area (Å²) in [7, 11) is 1.57. The van der Waals surface area contributed by atoms with Crippen LogP contribution in [0.2, 0.25) is 0 Å². The zero-order valence-corrected chi connectivity index (χ0v) is 18.4. The normalized spacial score (nSPS) is 20.6. The Balaban J connectivity index is 1.82. The van der Waals surface area contributed by atoms with Crippen LogP contribution in [0, 0.1) is 0 Å². The topological polar surface area (TPSA) is 79.8 Å². The van der Waals surface area contributed by atoms with Crippen LogP contribution in [0.3, 0.4) is 0 Å². The molecule has 7 heteroatoms. The molecule has 0 N–H and O–H groups in total. The van der Waals surface area contributed by atoms with E-state index in [-0.39, 0.29) is 18.2 Å². The Morgan fingerprint density at radius 3 is 2.44 bits per heavy atom. The fraction of sp³-hybridized carbons (Fsp3) is 0.280. The summed E-state index contributed by atoms with van der Waals surface area (Å²) in [4.78, 5) is 48.2. The molecule has 32 heavy (non-hydrogen) atoms. The van der Waals surface area contributed by atoms with Crippen molar-refractivity contribution in [3.8, 4) is 5.75 Å². The molecule has 0 bridgehead atoms. The maximum Gasteiger partial charge on any atom is 0.261 e. The largest absolute Gasteiger partial charge is 0.496 e. The lowest BCUT2D eigenvalue weighted by atomic mass is 9.87. The Morgan fingerprint density at radius 1 is 1.00 bits per heavy atom. The van der Waals surface area contributed by atoms with Crippen molar-refractivity contribution >= 4 is 34.3 Å². The Bertz CT molecular complexity index is 1310. The number of likely N-dealkylation sites (tertiary alicyclic amines) is 1. The van der Waals surface area contributed by atoms with Gasteiger partial charge in [0, 0.05) is 28.2 Å². The van der Waals surface area contributed by atoms with E-state index in [9.17, 15) is 14.4 Å². The molecule has 162 valence electrons. The van der Waals surface area contributed by atoms with Crippen molar-refractivity contribution < 1.29 is 19.1 Å². The van der Waals surface area contributed by atoms with E-state index in [2.05, 4.69) is 4.98 Å². The minimum Gasteiger partial charge on any atom is -0.496 e. The lowest BCUT2D eigenvalue weighted by Gasteiger charge is -2.36. The van der Waals surface area contributed by atoms with Crippen LogP contribution >= 0.6 is 0 Å². The predicted molar refractivity (Wildman–Crippen MR) is 119 cm³/mol. The van der Waals surface area contributed by atoms with Gasteiger partial charge < -0.3 is 4.74 Å². The Morgan fingerprint density at radius 2 is 1.75 bits per heavy atom. The fourth-order valence-electron chi connectivity index (χ4n) is 4.99. The van der Waals surface area contributed by atoms with E-state index in [1.807, 2.05) is 26.8 Å². The number of benzene rings is 2. The van der Waals surface area contributed by atoms with Gasteiger partial charge in [-0.3, -0.25) is 29.2 Å². The lowest BCUT2D eigenvalue weighted by Crippen LogP contribution is -2.53. The first-order valence-corrected chi connectivity index (χ1v) is 10.4. The molecule has 1 atom stereocenters. The van der Waals surface area contributed by atoms with Crippen LogP contribution < -0.4 is 9.64 Å². The smallest absolute Gasteiger partial charge is 0.261 e. The molecule has 1 saturated heterocycles. The zero-order chi connectivity index (χ0) is 22.8. The monoisotopic (exact) mass is 429 g/mol. The van der Waals surface area contributed by atoms with E-state index in [1.165, 1.54) is 9.80 Å². The molecular weight excluding hydrogens is 406 g/mol. The number of fused-ring (bicyclic) bond motifs is 3. The van der Waals surface area contributed by atoms with Crippen molar-refractivity contribution in [1.82, 2.24) is 9.88 Å². The molecule has 2 aliphatic heterocycles. The number of methoxy groups -OCH3 is 1. The van der Waals surface area contributed by atoms with Crippen molar-refractivity contribution in [1.29, 1.82) is 0 Å². The zero-order valence-electron chi connectivity index (χ0n) is 18.4. The number of anilines is 1. The molecule has 0 aliphatic carbocycles. The van der Waals surface area contributed by atoms with E-state index >= 15 is 0 Å². The van der Waals surface area contributed by atoms with Crippen molar-refractivity contribution in [2.75, 3.05) is 12.0 Å². The molecule has 3 amide bonds. The third kappa shape index (κ3) is 2.48. The number of hydrogen-bond donors (Lipinski definition) is 0. The maximum atomic E-state index is 14.0. The highest BCUT2D eigenvalue weighted by atomic mass is 16.5. The first-order chi connectivity index (χ1) is 15.2. The molecule has 1 aromatic heterocycles. The number of aromatic nitrogens is 1. The number of carbonyl (C=O) groups is 3. The average Bonchev–Trinajstić information content (AvgIpc) is 3.18. The van der Waals surface area contributed by atoms with Crippen LogP contribution in [0.4, 0.5) is 5.69 Å². The van der Waals surface area contributed by atoms with Gasteiger partial charge in [0.15, 0.2) is 5.54 Å². The number of ether oxygens (including phenoxy) is 1. The molecule has 0 radical (unpaired) electrons. The van der Waals surface area contributed by atoms with Crippen LogP contribution in [0.5, 0.6) is 5.75 Å². The molecule has 0 unspecified atom stereocenters. The first kappa shape index (κ1) is 20.2. The molecule has 3 heterocycles. The van der Waals surface area contributed by atoms with Gasteiger partial charge in [0.2, 0.25) is 5.91 Å². The number of rotatable bonds is 2. The number of imide groups is 1. The molecule has 2 aromatic carbocycles. The van der Waals surface area contributed by atoms with Gasteiger partial charge >= 0.3 is 0 Å². The quantitative estimate of drug-likeness (QED) is 0.581. The van der Waals surface area contributed by atoms with Crippen LogP contribution in [0.1, 0.15) is 43.1 Å². The number of pyridine rings is 1. The van der Waals surface area contributed by atoms with Crippen LogP contribution in [0.15, 0.2) is 54.7 Å². The second-order valence-corrected chi connectivity index (χ2v) is 9.11. The summed E-state index contributed by atoms with van der Waals surface area (Å²) >= 11 is 0. The van der Waals surface area contributed by atoms with Crippen LogP contribution in [-0.2, 0) is 15.1 Å². The second kappa shape index (κ2) is 6.63. The SMILES string of the molecule is COc1ccc(N2C(=O)c3ccccc3[C@]23CC(=O)N(C(C)(C)C)C3=O)c2ncccc12. The Kier molecular flexibility index (Phi) is 4.18. The summed E-state index contributed by atoms with van der Waals surface area (Å²) in [5, 5.41) is 0.718. The van der Waals surface area contributed by atoms with Crippen molar-refractivity contribution in [2.24, 2.45) is 0 Å². The highest BCUT2D eigenvalue weighted by molar-refractivity contribution is 6.24. The summed E-state index contributed by atoms with van der Waals surface area (Å²) in [6, 6.07) is 14.2. The van der Waals surface area contributed by atoms with Gasteiger partial charge in [-0.15, -0.1) is 0 Å². The number of amides is 3. The van der Waals surface area contributed by atoms with Crippen LogP contribution in [0.25, 0.3) is 10.9 Å². The van der Waals surface area contributed by atoms with Gasteiger partial charge in [-0.2, -0.15) is 0 Å². The summed E-state index contributed by atoms with van der Waals surface area (Å²) < 4.78 is 5.48. The fourth-order valence-corrected chi connectivity index (χ4v) is 4.99. The van der Waals surface area contributed by atoms with Gasteiger partial charge in [0.1, 0.15) is 5.75 Å². The second-order valence-electron chi connectivity index (χ2n) is 9.11. The molecule has 1 fully saturated rings. The van der Waals surface area contributed by atoms with E-state index in [0.29, 0.717) is 28.1 Å². The molecule has 2 aliphatic rings. The van der Waals surface area contributed by atoms with Crippen molar-refractivity contribution in [3.05, 3.63) is 65.9 Å². The van der Waals surface area contributed by atoms with Gasteiger partial charge in [0.25, 0.3) is 11.8 Å². The summed E-state index contributed by atoms with van der Waals surface area (Å²) in [5.74, 6) is -0.411. The van der Waals surface area contributed by atoms with Gasteiger partial charge in [0.05, 0.1) is 24.7 Å². The molecular formula is C25H23N3O4. The number of nitrogens with zero attached hydrogens (tertiary/aromatic N) is 3. The van der Waals surface area contributed by atoms with Gasteiger partial charge in [-0.1, -0.05) is 18.2 Å². The van der Waals surface area contributed by atoms with Gasteiger partial charge in [-0.25, -0.2) is 0 Å². The van der Waals surface area contributed by atoms with E-state index in [1.54, 1.807) is 55.8 Å². The predicted octanol–water partition coefficient (Wildman–Crippen LogP) is 3.66. The molecule has 1 spiro atoms. The molecule has 7 nitrogen and oxygen atoms in total. The summed E-state index contributed by atoms with van der Waals surface area (Å²) in [6.45, 7) is 5.46. The molecule has 0 saturated carbocycles. The number of carbonyl (C=O) groups excluding carboxylic acids is 3. The van der Waals surface area contributed by atoms with E-state index < -0.39 is 17.0 Å². The summed E-state index contributed by atoms with van der Waals surface area (Å²) in [6.07, 6.45) is 1.51. The van der Waals surface area contributed by atoms with Crippen molar-refractivity contribution in [2.45, 2.75) is 38.3 Å². The highest BCUT2D eigenvalue weighted by Crippen LogP contribution is 2.51. The Labute approximate surface area is 185 Å². The average molecular weight is 429 g/mol. The lowest BCUT2D eigenvalue weighted by molar-refractivity contribution is -0.145.